The number of aliphatic hydroxyl groups is 1. The molecule has 1 saturated carbocycles. The first-order valence-electron chi connectivity index (χ1n) is 6.70. The van der Waals surface area contributed by atoms with Gasteiger partial charge in [-0.15, -0.1) is 0 Å². The Morgan fingerprint density at radius 3 is 2.68 bits per heavy atom. The number of carbonyl (C=O) groups excluding carboxylic acids is 1. The topological polar surface area (TPSA) is 86.3 Å². The van der Waals surface area contributed by atoms with Crippen molar-refractivity contribution in [3.63, 3.8) is 0 Å². The number of nitrogens with zero attached hydrogens (tertiary/aromatic N) is 2. The summed E-state index contributed by atoms with van der Waals surface area (Å²) in [5.41, 5.74) is -0.110. The van der Waals surface area contributed by atoms with Crippen LogP contribution in [0, 0.1) is 0 Å². The average molecular weight is 265 g/mol. The van der Waals surface area contributed by atoms with E-state index in [9.17, 15) is 9.59 Å². The Kier molecular flexibility index (Phi) is 4.68. The van der Waals surface area contributed by atoms with E-state index in [-0.39, 0.29) is 29.8 Å². The summed E-state index contributed by atoms with van der Waals surface area (Å²) in [6.07, 6.45) is 5.36. The lowest BCUT2D eigenvalue weighted by atomic mass is 9.94. The average Bonchev–Trinajstić information content (AvgIpc) is 2.46. The highest BCUT2D eigenvalue weighted by Gasteiger charge is 2.26. The highest BCUT2D eigenvalue weighted by atomic mass is 16.3. The van der Waals surface area contributed by atoms with Gasteiger partial charge in [0.2, 0.25) is 0 Å². The molecule has 1 aromatic heterocycles. The van der Waals surface area contributed by atoms with Crippen LogP contribution in [-0.2, 0) is 0 Å². The maximum atomic E-state index is 12.4. The Bertz CT molecular complexity index is 460. The highest BCUT2D eigenvalue weighted by Crippen LogP contribution is 2.23. The molecule has 104 valence electrons. The molecule has 0 aromatic carbocycles. The van der Waals surface area contributed by atoms with Crippen molar-refractivity contribution in [2.45, 2.75) is 38.1 Å². The molecular formula is C13H19N3O3. The Balaban J connectivity index is 2.15. The van der Waals surface area contributed by atoms with Gasteiger partial charge in [0.05, 0.1) is 6.61 Å². The number of nitrogens with one attached hydrogen (secondary N) is 1. The van der Waals surface area contributed by atoms with Crippen LogP contribution in [0.4, 0.5) is 0 Å². The van der Waals surface area contributed by atoms with Crippen molar-refractivity contribution in [2.75, 3.05) is 13.2 Å². The van der Waals surface area contributed by atoms with E-state index in [0.717, 1.165) is 25.7 Å². The smallest absolute Gasteiger partial charge is 0.274 e. The van der Waals surface area contributed by atoms with Crippen molar-refractivity contribution in [3.05, 3.63) is 28.2 Å². The molecule has 19 heavy (non-hydrogen) atoms. The number of aromatic nitrogens is 2. The molecule has 0 atom stereocenters. The van der Waals surface area contributed by atoms with Gasteiger partial charge >= 0.3 is 0 Å². The molecule has 6 nitrogen and oxygen atoms in total. The quantitative estimate of drug-likeness (QED) is 0.831. The predicted octanol–water partition coefficient (Wildman–Crippen LogP) is 0.537. The molecule has 6 heteroatoms. The molecule has 1 aromatic rings. The van der Waals surface area contributed by atoms with E-state index in [1.165, 1.54) is 18.6 Å². The Hall–Kier alpha value is -1.69. The fraction of sp³-hybridized carbons (Fsp3) is 0.615. The minimum atomic E-state index is -0.331. The van der Waals surface area contributed by atoms with Gasteiger partial charge in [0.15, 0.2) is 0 Å². The molecule has 0 spiro atoms. The van der Waals surface area contributed by atoms with Gasteiger partial charge in [0.1, 0.15) is 5.69 Å². The fourth-order valence-electron chi connectivity index (χ4n) is 2.56. The number of amides is 1. The van der Waals surface area contributed by atoms with E-state index in [4.69, 9.17) is 5.11 Å². The van der Waals surface area contributed by atoms with Crippen molar-refractivity contribution in [1.29, 1.82) is 0 Å². The fourth-order valence-corrected chi connectivity index (χ4v) is 2.56. The zero-order valence-electron chi connectivity index (χ0n) is 10.8. The lowest BCUT2D eigenvalue weighted by Gasteiger charge is -2.33. The molecule has 0 bridgehead atoms. The third kappa shape index (κ3) is 3.41. The van der Waals surface area contributed by atoms with Gasteiger partial charge in [-0.1, -0.05) is 19.3 Å². The monoisotopic (exact) mass is 265 g/mol. The van der Waals surface area contributed by atoms with Crippen LogP contribution in [0.1, 0.15) is 42.6 Å². The summed E-state index contributed by atoms with van der Waals surface area (Å²) >= 11 is 0. The van der Waals surface area contributed by atoms with Gasteiger partial charge < -0.3 is 10.0 Å². The van der Waals surface area contributed by atoms with Crippen LogP contribution in [0.2, 0.25) is 0 Å². The molecule has 0 saturated heterocycles. The van der Waals surface area contributed by atoms with Gasteiger partial charge in [0.25, 0.3) is 11.5 Å². The van der Waals surface area contributed by atoms with Gasteiger partial charge in [0, 0.05) is 18.7 Å². The van der Waals surface area contributed by atoms with Crippen molar-refractivity contribution >= 4 is 5.91 Å². The van der Waals surface area contributed by atoms with E-state index < -0.39 is 0 Å². The standard InChI is InChI=1S/C13H19N3O3/c17-9-8-16(10-4-2-1-3-5-10)13(19)11-6-7-12(18)15-14-11/h6-7,10,17H,1-5,8-9H2,(H,15,18). The van der Waals surface area contributed by atoms with Crippen LogP contribution >= 0.6 is 0 Å². The van der Waals surface area contributed by atoms with E-state index in [0.29, 0.717) is 6.54 Å². The first kappa shape index (κ1) is 13.7. The van der Waals surface area contributed by atoms with Crippen LogP contribution < -0.4 is 5.56 Å². The summed E-state index contributed by atoms with van der Waals surface area (Å²) in [4.78, 5) is 25.0. The molecule has 1 aliphatic rings. The van der Waals surface area contributed by atoms with Gasteiger partial charge in [-0.25, -0.2) is 5.10 Å². The molecule has 2 rings (SSSR count). The summed E-state index contributed by atoms with van der Waals surface area (Å²) in [5, 5.41) is 15.2. The number of aliphatic hydroxyl groups excluding tert-OH is 1. The Labute approximate surface area is 111 Å². The second-order valence-electron chi connectivity index (χ2n) is 4.82. The number of carbonyl (C=O) groups is 1. The molecule has 0 aliphatic heterocycles. The molecule has 1 aliphatic carbocycles. The molecule has 1 amide bonds. The lowest BCUT2D eigenvalue weighted by molar-refractivity contribution is 0.0578. The predicted molar refractivity (Wildman–Crippen MR) is 69.9 cm³/mol. The second kappa shape index (κ2) is 6.47. The number of rotatable bonds is 4. The second-order valence-corrected chi connectivity index (χ2v) is 4.82. The van der Waals surface area contributed by atoms with E-state index >= 15 is 0 Å². The molecule has 1 fully saturated rings. The lowest BCUT2D eigenvalue weighted by Crippen LogP contribution is -2.43. The van der Waals surface area contributed by atoms with Gasteiger partial charge in [-0.05, 0) is 18.9 Å². The molecule has 2 N–H and O–H groups in total. The van der Waals surface area contributed by atoms with Crippen LogP contribution in [-0.4, -0.2) is 45.3 Å². The number of hydrogen-bond donors (Lipinski definition) is 2. The third-order valence-corrected chi connectivity index (χ3v) is 3.52. The molecular weight excluding hydrogens is 246 g/mol. The van der Waals surface area contributed by atoms with Crippen LogP contribution in [0.3, 0.4) is 0 Å². The minimum absolute atomic E-state index is 0.0639. The summed E-state index contributed by atoms with van der Waals surface area (Å²) in [5.74, 6) is -0.225. The van der Waals surface area contributed by atoms with Crippen LogP contribution in [0.15, 0.2) is 16.9 Å². The number of H-pyrrole nitrogens is 1. The summed E-state index contributed by atoms with van der Waals surface area (Å²) in [6.45, 7) is 0.246. The van der Waals surface area contributed by atoms with Gasteiger partial charge in [-0.3, -0.25) is 9.59 Å². The Morgan fingerprint density at radius 1 is 1.37 bits per heavy atom. The zero-order chi connectivity index (χ0) is 13.7. The van der Waals surface area contributed by atoms with Crippen molar-refractivity contribution in [2.24, 2.45) is 0 Å². The van der Waals surface area contributed by atoms with Gasteiger partial charge in [-0.2, -0.15) is 5.10 Å². The molecule has 0 radical (unpaired) electrons. The third-order valence-electron chi connectivity index (χ3n) is 3.52. The van der Waals surface area contributed by atoms with Crippen LogP contribution in [0.5, 0.6) is 0 Å². The summed E-state index contributed by atoms with van der Waals surface area (Å²) in [7, 11) is 0. The minimum Gasteiger partial charge on any atom is -0.395 e. The number of aromatic amines is 1. The van der Waals surface area contributed by atoms with Crippen molar-refractivity contribution in [1.82, 2.24) is 15.1 Å². The highest BCUT2D eigenvalue weighted by molar-refractivity contribution is 5.92. The Morgan fingerprint density at radius 2 is 2.11 bits per heavy atom. The largest absolute Gasteiger partial charge is 0.395 e. The summed E-state index contributed by atoms with van der Waals surface area (Å²) in [6, 6.07) is 2.88. The van der Waals surface area contributed by atoms with Crippen LogP contribution in [0.25, 0.3) is 0 Å². The molecule has 1 heterocycles. The van der Waals surface area contributed by atoms with E-state index in [1.807, 2.05) is 0 Å². The van der Waals surface area contributed by atoms with Crippen molar-refractivity contribution < 1.29 is 9.90 Å². The normalized spacial score (nSPS) is 16.3. The first-order valence-corrected chi connectivity index (χ1v) is 6.70. The zero-order valence-corrected chi connectivity index (χ0v) is 10.8. The van der Waals surface area contributed by atoms with E-state index in [2.05, 4.69) is 10.2 Å². The first-order chi connectivity index (χ1) is 9.22. The van der Waals surface area contributed by atoms with Crippen molar-refractivity contribution in [3.8, 4) is 0 Å². The molecule has 0 unspecified atom stereocenters. The number of hydrogen-bond acceptors (Lipinski definition) is 4. The maximum Gasteiger partial charge on any atom is 0.274 e. The maximum absolute atomic E-state index is 12.4. The summed E-state index contributed by atoms with van der Waals surface area (Å²) < 4.78 is 0. The van der Waals surface area contributed by atoms with E-state index in [1.54, 1.807) is 4.90 Å². The SMILES string of the molecule is O=C(c1ccc(=O)[nH]n1)N(CCO)C1CCCCC1.